The second-order valence-electron chi connectivity index (χ2n) is 5.21. The molecule has 0 aliphatic heterocycles. The van der Waals surface area contributed by atoms with Gasteiger partial charge in [-0.25, -0.2) is 0 Å². The van der Waals surface area contributed by atoms with Crippen LogP contribution in [0.1, 0.15) is 36.1 Å². The summed E-state index contributed by atoms with van der Waals surface area (Å²) in [7, 11) is 0. The van der Waals surface area contributed by atoms with Crippen molar-refractivity contribution >= 4 is 11.4 Å². The van der Waals surface area contributed by atoms with Gasteiger partial charge in [-0.1, -0.05) is 38.1 Å². The summed E-state index contributed by atoms with van der Waals surface area (Å²) < 4.78 is 0. The second kappa shape index (κ2) is 14.3. The Bertz CT molecular complexity index is 661. The van der Waals surface area contributed by atoms with Crippen LogP contribution in [0.5, 0.6) is 11.5 Å². The summed E-state index contributed by atoms with van der Waals surface area (Å²) in [6.07, 6.45) is 0. The molecule has 0 saturated carbocycles. The predicted octanol–water partition coefficient (Wildman–Crippen LogP) is 4.15. The molecule has 0 bridgehead atoms. The van der Waals surface area contributed by atoms with Gasteiger partial charge in [0.15, 0.2) is 0 Å². The van der Waals surface area contributed by atoms with Crippen LogP contribution in [0, 0.1) is 13.8 Å². The quantitative estimate of drug-likeness (QED) is 0.472. The summed E-state index contributed by atoms with van der Waals surface area (Å²) in [5, 5.41) is 36.7. The first-order valence-corrected chi connectivity index (χ1v) is 6.87. The minimum absolute atomic E-state index is 0. The van der Waals surface area contributed by atoms with Crippen LogP contribution < -0.4 is 0 Å². The second-order valence-corrected chi connectivity index (χ2v) is 5.21. The van der Waals surface area contributed by atoms with E-state index < -0.39 is 0 Å². The van der Waals surface area contributed by atoms with E-state index in [9.17, 15) is 10.2 Å². The van der Waals surface area contributed by atoms with Crippen LogP contribution in [0.3, 0.4) is 0 Å². The van der Waals surface area contributed by atoms with Gasteiger partial charge in [0.2, 0.25) is 0 Å². The van der Waals surface area contributed by atoms with Crippen LogP contribution in [0.4, 0.5) is 0 Å². The molecule has 0 aliphatic carbocycles. The Morgan fingerprint density at radius 2 is 1.00 bits per heavy atom. The predicted molar refractivity (Wildman–Crippen MR) is 92.0 cm³/mol. The van der Waals surface area contributed by atoms with Crippen molar-refractivity contribution < 1.29 is 96.7 Å². The maximum absolute atomic E-state index is 9.28. The van der Waals surface area contributed by atoms with Crippen molar-refractivity contribution in [3.05, 3.63) is 69.5 Å². The topological polar surface area (TPSA) is 85.1 Å². The molecule has 7 heteroatoms. The Kier molecular flexibility index (Phi) is 17.2. The minimum atomic E-state index is 0. The zero-order valence-electron chi connectivity index (χ0n) is 14.7. The molecule has 0 spiro atoms. The molecule has 0 aliphatic rings. The van der Waals surface area contributed by atoms with Crippen molar-refractivity contribution in [1.82, 2.24) is 0 Å². The zero-order chi connectivity index (χ0) is 16.9. The molecule has 0 heterocycles. The van der Waals surface area contributed by atoms with Crippen molar-refractivity contribution in [2.75, 3.05) is 0 Å². The van der Waals surface area contributed by atoms with E-state index in [1.165, 1.54) is 0 Å². The fraction of sp³-hybridized carbons (Fsp3) is 0.222. The van der Waals surface area contributed by atoms with Crippen molar-refractivity contribution in [3.63, 3.8) is 0 Å². The van der Waals surface area contributed by atoms with Crippen LogP contribution in [-0.4, -0.2) is 21.6 Å². The fourth-order valence-corrected chi connectivity index (χ4v) is 1.90. The maximum atomic E-state index is 9.28. The van der Waals surface area contributed by atoms with Gasteiger partial charge in [-0.3, -0.25) is 0 Å². The first-order chi connectivity index (χ1) is 10.2. The average Bonchev–Trinajstić information content (AvgIpc) is 2.38. The summed E-state index contributed by atoms with van der Waals surface area (Å²) in [4.78, 5) is 0. The van der Waals surface area contributed by atoms with Crippen LogP contribution in [0.25, 0.3) is 10.8 Å². The first-order valence-electron chi connectivity index (χ1n) is 6.87. The van der Waals surface area contributed by atoms with Crippen LogP contribution in [0.2, 0.25) is 0 Å². The number of phenolic OH excluding ortho intramolecular Hbond substituents is 2. The average molecular weight is 669 g/mol. The van der Waals surface area contributed by atoms with Crippen molar-refractivity contribution in [1.29, 1.82) is 0 Å². The van der Waals surface area contributed by atoms with Crippen LogP contribution >= 0.6 is 0 Å². The molecule has 132 valence electrons. The molecule has 0 amide bonds. The Morgan fingerprint density at radius 3 is 1.20 bits per heavy atom. The molecule has 0 unspecified atom stereocenters. The molecule has 2 aromatic rings. The third-order valence-corrected chi connectivity index (χ3v) is 3.09. The van der Waals surface area contributed by atoms with Gasteiger partial charge < -0.3 is 21.0 Å². The third kappa shape index (κ3) is 10.3. The molecule has 2 N–H and O–H groups in total. The van der Waals surface area contributed by atoms with Gasteiger partial charge in [0.25, 0.3) is 0 Å². The molecule has 0 aromatic heterocycles. The molecule has 25 heavy (non-hydrogen) atoms. The number of hydrogen-bond acceptors (Lipinski definition) is 2. The van der Waals surface area contributed by atoms with E-state index >= 15 is 0 Å². The molecule has 0 saturated heterocycles. The summed E-state index contributed by atoms with van der Waals surface area (Å²) in [6.45, 7) is 6.86. The van der Waals surface area contributed by atoms with Gasteiger partial charge >= 0.3 is 0 Å². The minimum Gasteiger partial charge on any atom is -0.807 e. The number of hydrogen-bond donors (Lipinski definition) is 2. The standard InChI is InChI=1S/2C9H10NO.Pt.2Y/c2*1-6-3-4-8(7(2)10)9(11)5-6;;;/h2*3-5,11H,1-2H3;;;/q2*-1;;;. The van der Waals surface area contributed by atoms with E-state index in [0.29, 0.717) is 11.1 Å². The van der Waals surface area contributed by atoms with Crippen LogP contribution in [0.15, 0.2) is 36.4 Å². The Morgan fingerprint density at radius 1 is 0.720 bits per heavy atom. The number of nitrogens with zero attached hydrogens (tertiary/aromatic N) is 2. The number of aromatic hydroxyl groups is 2. The van der Waals surface area contributed by atoms with E-state index in [2.05, 4.69) is 0 Å². The molecule has 0 fully saturated rings. The smallest absolute Gasteiger partial charge is 0.121 e. The number of aryl methyl sites for hydroxylation is 2. The Balaban J connectivity index is -0.000000346. The monoisotopic (exact) mass is 669 g/mol. The van der Waals surface area contributed by atoms with Gasteiger partial charge in [-0.2, -0.15) is 11.4 Å². The van der Waals surface area contributed by atoms with Gasteiger partial charge in [0, 0.05) is 86.5 Å². The summed E-state index contributed by atoms with van der Waals surface area (Å²) in [5.74, 6) is 0.259. The van der Waals surface area contributed by atoms with Gasteiger partial charge in [0.05, 0.1) is 0 Å². The number of benzene rings is 2. The Hall–Kier alpha value is 0.276. The normalized spacial score (nSPS) is 8.48. The van der Waals surface area contributed by atoms with Gasteiger partial charge in [-0.05, 0) is 48.2 Å². The van der Waals surface area contributed by atoms with Crippen LogP contribution in [-0.2, 0) is 86.5 Å². The van der Waals surface area contributed by atoms with Crippen molar-refractivity contribution in [3.8, 4) is 11.5 Å². The number of phenols is 2. The van der Waals surface area contributed by atoms with E-state index in [-0.39, 0.29) is 109 Å². The van der Waals surface area contributed by atoms with Crippen molar-refractivity contribution in [2.45, 2.75) is 27.7 Å². The van der Waals surface area contributed by atoms with Gasteiger partial charge in [-0.15, -0.1) is 0 Å². The fourth-order valence-electron chi connectivity index (χ4n) is 1.90. The Labute approximate surface area is 214 Å². The molecular formula is C18H20N2O2PtY2-2. The zero-order valence-corrected chi connectivity index (χ0v) is 22.7. The van der Waals surface area contributed by atoms with E-state index in [4.69, 9.17) is 10.8 Å². The van der Waals surface area contributed by atoms with Gasteiger partial charge in [0.1, 0.15) is 11.5 Å². The molecule has 2 radical (unpaired) electrons. The third-order valence-electron chi connectivity index (χ3n) is 3.09. The van der Waals surface area contributed by atoms with E-state index in [1.54, 1.807) is 38.1 Å². The first kappa shape index (κ1) is 30.0. The molecule has 4 nitrogen and oxygen atoms in total. The number of rotatable bonds is 2. The summed E-state index contributed by atoms with van der Waals surface area (Å²) in [5.41, 5.74) is 3.23. The maximum Gasteiger partial charge on any atom is 0.121 e. The summed E-state index contributed by atoms with van der Waals surface area (Å²) in [6, 6.07) is 10.3. The SMILES string of the molecule is CC(=[N-])c1ccc(C)cc1O.CC(=[N-])c1ccc(C)cc1O.[Pt].[Y].[Y]. The molecule has 2 aromatic carbocycles. The van der Waals surface area contributed by atoms with E-state index in [0.717, 1.165) is 11.1 Å². The molecule has 0 atom stereocenters. The summed E-state index contributed by atoms with van der Waals surface area (Å²) >= 11 is 0. The largest absolute Gasteiger partial charge is 0.807 e. The molecule has 2 rings (SSSR count). The molecular weight excluding hydrogens is 649 g/mol. The van der Waals surface area contributed by atoms with Crippen molar-refractivity contribution in [2.24, 2.45) is 0 Å². The van der Waals surface area contributed by atoms with E-state index in [1.807, 2.05) is 26.0 Å².